The summed E-state index contributed by atoms with van der Waals surface area (Å²) in [6, 6.07) is 0. The van der Waals surface area contributed by atoms with Gasteiger partial charge in [-0.25, -0.2) is 0 Å². The molecule has 0 heterocycles. The zero-order valence-electron chi connectivity index (χ0n) is 4.26. The van der Waals surface area contributed by atoms with Crippen LogP contribution >= 0.6 is 22.7 Å². The molecule has 3 heteroatoms. The summed E-state index contributed by atoms with van der Waals surface area (Å²) in [5.74, 6) is 0. The van der Waals surface area contributed by atoms with Gasteiger partial charge in [0.25, 0.3) is 0 Å². The monoisotopic (exact) mass is 130 g/mol. The van der Waals surface area contributed by atoms with Crippen LogP contribution in [0.3, 0.4) is 0 Å². The van der Waals surface area contributed by atoms with Gasteiger partial charge in [-0.1, -0.05) is 0 Å². The number of halogens is 1. The Morgan fingerprint density at radius 2 is 1.17 bits per heavy atom. The maximum absolute atomic E-state index is 8.60. The minimum atomic E-state index is -1.17. The van der Waals surface area contributed by atoms with Crippen molar-refractivity contribution in [3.63, 3.8) is 0 Å². The normalized spacial score (nSPS) is 12.7. The van der Waals surface area contributed by atoms with E-state index in [9.17, 15) is 0 Å². The van der Waals surface area contributed by atoms with Crippen LogP contribution in [0.15, 0.2) is 0 Å². The van der Waals surface area contributed by atoms with Gasteiger partial charge in [-0.15, -0.1) is 22.7 Å². The predicted molar refractivity (Wildman–Crippen MR) is 35.2 cm³/mol. The molecular weight excluding hydrogens is 120 g/mol. The van der Waals surface area contributed by atoms with Gasteiger partial charge < -0.3 is 4.55 Å². The number of rotatable bonds is 0. The number of hydrogen-bond donors (Lipinski definition) is 1. The molecule has 0 aromatic carbocycles. The lowest BCUT2D eigenvalue weighted by atomic mass is 11.9. The fourth-order valence-corrected chi connectivity index (χ4v) is 0. The summed E-state index contributed by atoms with van der Waals surface area (Å²) in [6.45, 7) is 0. The van der Waals surface area contributed by atoms with Crippen molar-refractivity contribution < 1.29 is 4.55 Å². The summed E-state index contributed by atoms with van der Waals surface area (Å²) < 4.78 is 8.60. The van der Waals surface area contributed by atoms with E-state index >= 15 is 0 Å². The highest BCUT2D eigenvalue weighted by molar-refractivity contribution is 8.27. The molecule has 0 aromatic heterocycles. The molecule has 0 unspecified atom stereocenters. The highest BCUT2D eigenvalue weighted by atomic mass is 35.5. The Balaban J connectivity index is 0. The molecule has 0 saturated carbocycles. The van der Waals surface area contributed by atoms with Gasteiger partial charge in [-0.2, -0.15) is 0 Å². The molecule has 0 atom stereocenters. The molecule has 0 amide bonds. The lowest BCUT2D eigenvalue weighted by Gasteiger charge is -2.13. The first-order valence-corrected chi connectivity index (χ1v) is 4.22. The molecule has 1 N–H and O–H groups in total. The van der Waals surface area contributed by atoms with Gasteiger partial charge in [-0.3, -0.25) is 0 Å². The van der Waals surface area contributed by atoms with Crippen LogP contribution in [0, 0.1) is 0 Å². The van der Waals surface area contributed by atoms with Crippen LogP contribution in [0.4, 0.5) is 0 Å². The fraction of sp³-hybridized carbons (Fsp3) is 1.00. The Hall–Kier alpha value is 0.600. The summed E-state index contributed by atoms with van der Waals surface area (Å²) in [5.41, 5.74) is 0. The first-order chi connectivity index (χ1) is 2.00. The molecule has 0 saturated heterocycles. The lowest BCUT2D eigenvalue weighted by Crippen LogP contribution is -1.83. The van der Waals surface area contributed by atoms with E-state index in [0.717, 1.165) is 0 Å². The molecule has 0 rings (SSSR count). The average Bonchev–Trinajstić information content (AvgIpc) is 0.722. The summed E-state index contributed by atoms with van der Waals surface area (Å²) in [5, 5.41) is 0. The van der Waals surface area contributed by atoms with Crippen LogP contribution in [0.5, 0.6) is 0 Å². The van der Waals surface area contributed by atoms with Crippen LogP contribution in [0.2, 0.25) is 0 Å². The number of hydrogen-bond acceptors (Lipinski definition) is 1. The second-order valence-corrected chi connectivity index (χ2v) is 5.32. The molecule has 0 spiro atoms. The summed E-state index contributed by atoms with van der Waals surface area (Å²) in [4.78, 5) is 0. The van der Waals surface area contributed by atoms with E-state index in [-0.39, 0.29) is 12.4 Å². The largest absolute Gasteiger partial charge is 0.352 e. The van der Waals surface area contributed by atoms with Crippen LogP contribution in [0.25, 0.3) is 0 Å². The fourth-order valence-electron chi connectivity index (χ4n) is 0. The molecule has 6 heavy (non-hydrogen) atoms. The molecule has 0 bridgehead atoms. The predicted octanol–water partition coefficient (Wildman–Crippen LogP) is 1.58. The highest BCUT2D eigenvalue weighted by Crippen LogP contribution is 2.26. The van der Waals surface area contributed by atoms with E-state index in [1.165, 1.54) is 0 Å². The lowest BCUT2D eigenvalue weighted by molar-refractivity contribution is 0.643. The van der Waals surface area contributed by atoms with Crippen LogP contribution in [-0.2, 0) is 0 Å². The molecule has 1 nitrogen and oxygen atoms in total. The van der Waals surface area contributed by atoms with E-state index < -0.39 is 10.3 Å². The van der Waals surface area contributed by atoms with Gasteiger partial charge in [0.1, 0.15) is 0 Å². The van der Waals surface area contributed by atoms with Crippen molar-refractivity contribution in [3.05, 3.63) is 0 Å². The zero-order valence-corrected chi connectivity index (χ0v) is 5.90. The minimum absolute atomic E-state index is 0. The smallest absolute Gasteiger partial charge is 0.0134 e. The maximum Gasteiger partial charge on any atom is -0.0134 e. The van der Waals surface area contributed by atoms with Crippen molar-refractivity contribution in [2.75, 3.05) is 18.8 Å². The Labute approximate surface area is 46.7 Å². The van der Waals surface area contributed by atoms with E-state index in [1.54, 1.807) is 0 Å². The Bertz CT molecular complexity index is 26.3. The second-order valence-electron chi connectivity index (χ2n) is 1.77. The standard InChI is InChI=1S/C3H10OS.ClH/c1-5(2,3)4;/h4H,1-3H3;1H. The van der Waals surface area contributed by atoms with Gasteiger partial charge >= 0.3 is 0 Å². The second kappa shape index (κ2) is 2.72. The van der Waals surface area contributed by atoms with E-state index in [0.29, 0.717) is 0 Å². The van der Waals surface area contributed by atoms with Gasteiger partial charge in [0, 0.05) is 0 Å². The summed E-state index contributed by atoms with van der Waals surface area (Å²) in [6.07, 6.45) is 5.48. The first kappa shape index (κ1) is 9.78. The SMILES string of the molecule is CS(C)(C)O.Cl. The van der Waals surface area contributed by atoms with Gasteiger partial charge in [0.2, 0.25) is 0 Å². The van der Waals surface area contributed by atoms with Crippen LogP contribution in [0.1, 0.15) is 0 Å². The van der Waals surface area contributed by atoms with Gasteiger partial charge in [0.05, 0.1) is 0 Å². The van der Waals surface area contributed by atoms with E-state index in [4.69, 9.17) is 4.55 Å². The van der Waals surface area contributed by atoms with E-state index in [1.807, 2.05) is 18.8 Å². The van der Waals surface area contributed by atoms with Crippen molar-refractivity contribution in [3.8, 4) is 0 Å². The molecular formula is C3H11ClOS. The zero-order chi connectivity index (χ0) is 4.50. The third kappa shape index (κ3) is 166. The van der Waals surface area contributed by atoms with Gasteiger partial charge in [0.15, 0.2) is 0 Å². The molecule has 0 fully saturated rings. The molecule has 0 aromatic rings. The van der Waals surface area contributed by atoms with Crippen molar-refractivity contribution in [2.24, 2.45) is 0 Å². The molecule has 0 aliphatic carbocycles. The topological polar surface area (TPSA) is 20.2 Å². The Morgan fingerprint density at radius 3 is 1.17 bits per heavy atom. The van der Waals surface area contributed by atoms with Crippen molar-refractivity contribution >= 4 is 22.7 Å². The quantitative estimate of drug-likeness (QED) is 0.528. The Morgan fingerprint density at radius 1 is 1.17 bits per heavy atom. The van der Waals surface area contributed by atoms with Gasteiger partial charge in [-0.05, 0) is 18.8 Å². The van der Waals surface area contributed by atoms with Crippen molar-refractivity contribution in [1.82, 2.24) is 0 Å². The maximum atomic E-state index is 8.60. The summed E-state index contributed by atoms with van der Waals surface area (Å²) in [7, 11) is -1.17. The molecule has 0 aliphatic heterocycles. The third-order valence-electron chi connectivity index (χ3n) is 0. The minimum Gasteiger partial charge on any atom is -0.352 e. The molecule has 0 radical (unpaired) electrons. The Kier molecular flexibility index (Phi) is 4.43. The average molecular weight is 131 g/mol. The molecule has 0 aliphatic rings. The first-order valence-electron chi connectivity index (χ1n) is 1.41. The third-order valence-corrected chi connectivity index (χ3v) is 0. The van der Waals surface area contributed by atoms with E-state index in [2.05, 4.69) is 0 Å². The van der Waals surface area contributed by atoms with Crippen molar-refractivity contribution in [1.29, 1.82) is 0 Å². The highest BCUT2D eigenvalue weighted by Gasteiger charge is 1.88. The molecule has 42 valence electrons. The summed E-state index contributed by atoms with van der Waals surface area (Å²) >= 11 is 0. The van der Waals surface area contributed by atoms with Crippen molar-refractivity contribution in [2.45, 2.75) is 0 Å². The van der Waals surface area contributed by atoms with Crippen LogP contribution < -0.4 is 0 Å². The van der Waals surface area contributed by atoms with Crippen LogP contribution in [-0.4, -0.2) is 23.3 Å².